The summed E-state index contributed by atoms with van der Waals surface area (Å²) in [7, 11) is 2.13. The number of piperazine rings is 1. The Kier molecular flexibility index (Phi) is 8.42. The van der Waals surface area contributed by atoms with Gasteiger partial charge in [-0.1, -0.05) is 26.0 Å². The van der Waals surface area contributed by atoms with Crippen molar-refractivity contribution in [1.29, 1.82) is 5.26 Å². The number of benzene rings is 1. The number of hydrogen-bond acceptors (Lipinski definition) is 5. The maximum absolute atomic E-state index is 12.7. The highest BCUT2D eigenvalue weighted by atomic mass is 16.2. The highest BCUT2D eigenvalue weighted by molar-refractivity contribution is 5.97. The van der Waals surface area contributed by atoms with E-state index in [2.05, 4.69) is 27.5 Å². The van der Waals surface area contributed by atoms with Crippen molar-refractivity contribution in [3.05, 3.63) is 35.4 Å². The van der Waals surface area contributed by atoms with Crippen LogP contribution in [0.1, 0.15) is 36.2 Å². The molecule has 1 aromatic carbocycles. The van der Waals surface area contributed by atoms with Gasteiger partial charge in [0.25, 0.3) is 5.91 Å². The second-order valence-electron chi connectivity index (χ2n) is 7.81. The van der Waals surface area contributed by atoms with E-state index in [-0.39, 0.29) is 24.3 Å². The lowest BCUT2D eigenvalue weighted by molar-refractivity contribution is -0.123. The standard InChI is InChI=1S/C21H31N5O2/c1-16(2)13-19(21(28)23-8-7-22)24-20(27)18-6-4-5-17(14-18)15-26-11-9-25(3)10-12-26/h4-6,14,16,19H,8-13,15H2,1-3H3,(H,23,28)(H,24,27)/t19-/m0/s1. The molecule has 1 atom stereocenters. The number of likely N-dealkylation sites (N-methyl/N-ethyl adjacent to an activating group) is 1. The zero-order valence-corrected chi connectivity index (χ0v) is 17.1. The first kappa shape index (κ1) is 21.9. The topological polar surface area (TPSA) is 88.5 Å². The number of nitriles is 1. The van der Waals surface area contributed by atoms with Crippen molar-refractivity contribution in [1.82, 2.24) is 20.4 Å². The van der Waals surface area contributed by atoms with Gasteiger partial charge in [-0.15, -0.1) is 0 Å². The fraction of sp³-hybridized carbons (Fsp3) is 0.571. The number of hydrogen-bond donors (Lipinski definition) is 2. The molecular formula is C21H31N5O2. The van der Waals surface area contributed by atoms with Crippen LogP contribution in [-0.2, 0) is 11.3 Å². The highest BCUT2D eigenvalue weighted by Crippen LogP contribution is 2.12. The summed E-state index contributed by atoms with van der Waals surface area (Å²) in [5.74, 6) is -0.350. The maximum atomic E-state index is 12.7. The van der Waals surface area contributed by atoms with Crippen LogP contribution in [0.15, 0.2) is 24.3 Å². The van der Waals surface area contributed by atoms with Gasteiger partial charge in [0, 0.05) is 38.3 Å². The second kappa shape index (κ2) is 10.8. The van der Waals surface area contributed by atoms with Gasteiger partial charge in [-0.05, 0) is 37.1 Å². The zero-order valence-electron chi connectivity index (χ0n) is 17.1. The molecule has 1 fully saturated rings. The Morgan fingerprint density at radius 2 is 1.93 bits per heavy atom. The minimum atomic E-state index is -0.651. The fourth-order valence-corrected chi connectivity index (χ4v) is 3.27. The lowest BCUT2D eigenvalue weighted by Gasteiger charge is -2.32. The van der Waals surface area contributed by atoms with Gasteiger partial charge < -0.3 is 15.5 Å². The van der Waals surface area contributed by atoms with E-state index in [9.17, 15) is 9.59 Å². The van der Waals surface area contributed by atoms with Gasteiger partial charge >= 0.3 is 0 Å². The van der Waals surface area contributed by atoms with Gasteiger partial charge in [-0.3, -0.25) is 14.5 Å². The minimum absolute atomic E-state index is 0.0657. The first-order chi connectivity index (χ1) is 13.4. The van der Waals surface area contributed by atoms with Gasteiger partial charge in [0.15, 0.2) is 0 Å². The molecule has 1 aliphatic rings. The third-order valence-electron chi connectivity index (χ3n) is 4.86. The first-order valence-electron chi connectivity index (χ1n) is 9.84. The van der Waals surface area contributed by atoms with Crippen molar-refractivity contribution in [2.75, 3.05) is 39.8 Å². The van der Waals surface area contributed by atoms with Crippen LogP contribution < -0.4 is 10.6 Å². The summed E-state index contributed by atoms with van der Waals surface area (Å²) in [6, 6.07) is 8.81. The Balaban J connectivity index is 2.01. The highest BCUT2D eigenvalue weighted by Gasteiger charge is 2.22. The predicted molar refractivity (Wildman–Crippen MR) is 109 cm³/mol. The lowest BCUT2D eigenvalue weighted by atomic mass is 10.0. The van der Waals surface area contributed by atoms with Crippen molar-refractivity contribution in [3.8, 4) is 6.07 Å². The Hall–Kier alpha value is -2.43. The van der Waals surface area contributed by atoms with E-state index >= 15 is 0 Å². The van der Waals surface area contributed by atoms with Gasteiger partial charge in [0.2, 0.25) is 5.91 Å². The van der Waals surface area contributed by atoms with Crippen molar-refractivity contribution in [3.63, 3.8) is 0 Å². The van der Waals surface area contributed by atoms with Crippen LogP contribution in [0.5, 0.6) is 0 Å². The molecule has 28 heavy (non-hydrogen) atoms. The van der Waals surface area contributed by atoms with E-state index in [1.54, 1.807) is 6.07 Å². The molecule has 0 spiro atoms. The number of amides is 2. The van der Waals surface area contributed by atoms with Gasteiger partial charge in [-0.25, -0.2) is 0 Å². The molecule has 0 aliphatic carbocycles. The molecule has 1 aromatic rings. The molecule has 0 saturated carbocycles. The van der Waals surface area contributed by atoms with Gasteiger partial charge in [0.05, 0.1) is 6.07 Å². The fourth-order valence-electron chi connectivity index (χ4n) is 3.27. The molecule has 152 valence electrons. The molecular weight excluding hydrogens is 354 g/mol. The van der Waals surface area contributed by atoms with Crippen LogP contribution in [0.2, 0.25) is 0 Å². The summed E-state index contributed by atoms with van der Waals surface area (Å²) < 4.78 is 0. The van der Waals surface area contributed by atoms with E-state index in [0.717, 1.165) is 38.3 Å². The SMILES string of the molecule is CC(C)C[C@H](NC(=O)c1cccc(CN2CCN(C)CC2)c1)C(=O)NCC#N. The Morgan fingerprint density at radius 3 is 2.57 bits per heavy atom. The quantitative estimate of drug-likeness (QED) is 0.657. The van der Waals surface area contributed by atoms with E-state index in [4.69, 9.17) is 5.26 Å². The first-order valence-corrected chi connectivity index (χ1v) is 9.84. The number of rotatable bonds is 8. The second-order valence-corrected chi connectivity index (χ2v) is 7.81. The average molecular weight is 386 g/mol. The molecule has 7 heteroatoms. The molecule has 2 amide bonds. The molecule has 0 bridgehead atoms. The number of nitrogens with zero attached hydrogens (tertiary/aromatic N) is 3. The molecule has 2 N–H and O–H groups in total. The summed E-state index contributed by atoms with van der Waals surface area (Å²) in [5, 5.41) is 14.0. The molecule has 1 saturated heterocycles. The molecule has 7 nitrogen and oxygen atoms in total. The third kappa shape index (κ3) is 6.95. The van der Waals surface area contributed by atoms with Gasteiger partial charge in [-0.2, -0.15) is 5.26 Å². The van der Waals surface area contributed by atoms with E-state index < -0.39 is 6.04 Å². The van der Waals surface area contributed by atoms with Crippen LogP contribution in [0.4, 0.5) is 0 Å². The van der Waals surface area contributed by atoms with Crippen LogP contribution >= 0.6 is 0 Å². The monoisotopic (exact) mass is 385 g/mol. The minimum Gasteiger partial charge on any atom is -0.341 e. The van der Waals surface area contributed by atoms with Crippen LogP contribution in [-0.4, -0.2) is 67.4 Å². The number of nitrogens with one attached hydrogen (secondary N) is 2. The summed E-state index contributed by atoms with van der Waals surface area (Å²) in [6.07, 6.45) is 0.518. The van der Waals surface area contributed by atoms with Crippen molar-refractivity contribution in [2.45, 2.75) is 32.9 Å². The Morgan fingerprint density at radius 1 is 1.21 bits per heavy atom. The molecule has 1 aliphatic heterocycles. The molecule has 0 aromatic heterocycles. The molecule has 0 unspecified atom stereocenters. The lowest BCUT2D eigenvalue weighted by Crippen LogP contribution is -2.47. The van der Waals surface area contributed by atoms with E-state index in [1.165, 1.54) is 0 Å². The summed E-state index contributed by atoms with van der Waals surface area (Å²) in [5.41, 5.74) is 1.64. The maximum Gasteiger partial charge on any atom is 0.251 e. The Labute approximate surface area is 167 Å². The normalized spacial score (nSPS) is 16.4. The van der Waals surface area contributed by atoms with Crippen LogP contribution in [0.3, 0.4) is 0 Å². The van der Waals surface area contributed by atoms with Crippen LogP contribution in [0.25, 0.3) is 0 Å². The summed E-state index contributed by atoms with van der Waals surface area (Å²) >= 11 is 0. The smallest absolute Gasteiger partial charge is 0.251 e. The summed E-state index contributed by atoms with van der Waals surface area (Å²) in [4.78, 5) is 29.7. The Bertz CT molecular complexity index is 705. The van der Waals surface area contributed by atoms with Crippen molar-refractivity contribution < 1.29 is 9.59 Å². The largest absolute Gasteiger partial charge is 0.341 e. The molecule has 0 radical (unpaired) electrons. The van der Waals surface area contributed by atoms with Crippen LogP contribution in [0, 0.1) is 17.2 Å². The third-order valence-corrected chi connectivity index (χ3v) is 4.86. The predicted octanol–water partition coefficient (Wildman–Crippen LogP) is 1.22. The number of carbonyl (C=O) groups is 2. The van der Waals surface area contributed by atoms with E-state index in [1.807, 2.05) is 38.1 Å². The number of carbonyl (C=O) groups excluding carboxylic acids is 2. The molecule has 2 rings (SSSR count). The van der Waals surface area contributed by atoms with Crippen molar-refractivity contribution >= 4 is 11.8 Å². The summed E-state index contributed by atoms with van der Waals surface area (Å²) in [6.45, 7) is 8.87. The van der Waals surface area contributed by atoms with Gasteiger partial charge in [0.1, 0.15) is 12.6 Å². The van der Waals surface area contributed by atoms with Crippen molar-refractivity contribution in [2.24, 2.45) is 5.92 Å². The van der Waals surface area contributed by atoms with E-state index in [0.29, 0.717) is 12.0 Å². The molecule has 1 heterocycles. The average Bonchev–Trinajstić information content (AvgIpc) is 2.67. The zero-order chi connectivity index (χ0) is 20.5.